The normalized spacial score (nSPS) is 15.3. The Balaban J connectivity index is 1.79. The van der Waals surface area contributed by atoms with Crippen LogP contribution in [-0.4, -0.2) is 25.1 Å². The maximum absolute atomic E-state index is 13.9. The standard InChI is InChI=1S/C17H12ClF2NO4/c1-24-17(23)10-6-13(12(20)7-11(10)19)21-16(22)15-5-8-4-9(18)2-3-14(8)25-15/h2-4,6-7,15H,5H2,1H3,(H,21,22). The first-order valence-electron chi connectivity index (χ1n) is 7.22. The number of rotatable bonds is 3. The largest absolute Gasteiger partial charge is 0.480 e. The lowest BCUT2D eigenvalue weighted by molar-refractivity contribution is -0.122. The van der Waals surface area contributed by atoms with Crippen molar-refractivity contribution in [2.45, 2.75) is 12.5 Å². The molecule has 25 heavy (non-hydrogen) atoms. The van der Waals surface area contributed by atoms with Crippen molar-refractivity contribution < 1.29 is 27.8 Å². The number of carbonyl (C=O) groups is 2. The number of benzene rings is 2. The molecule has 3 rings (SSSR count). The summed E-state index contributed by atoms with van der Waals surface area (Å²) in [5.74, 6) is -3.20. The van der Waals surface area contributed by atoms with E-state index in [4.69, 9.17) is 16.3 Å². The highest BCUT2D eigenvalue weighted by molar-refractivity contribution is 6.30. The lowest BCUT2D eigenvalue weighted by atomic mass is 10.1. The highest BCUT2D eigenvalue weighted by atomic mass is 35.5. The maximum atomic E-state index is 13.9. The number of fused-ring (bicyclic) bond motifs is 1. The molecule has 1 atom stereocenters. The number of nitrogens with one attached hydrogen (secondary N) is 1. The SMILES string of the molecule is COC(=O)c1cc(NC(=O)C2Cc3cc(Cl)ccc3O2)c(F)cc1F. The van der Waals surface area contributed by atoms with Crippen LogP contribution in [0.15, 0.2) is 30.3 Å². The van der Waals surface area contributed by atoms with Crippen LogP contribution in [-0.2, 0) is 16.0 Å². The molecule has 1 unspecified atom stereocenters. The van der Waals surface area contributed by atoms with Crippen LogP contribution in [0.1, 0.15) is 15.9 Å². The summed E-state index contributed by atoms with van der Waals surface area (Å²) in [7, 11) is 1.07. The van der Waals surface area contributed by atoms with Gasteiger partial charge in [0, 0.05) is 17.5 Å². The summed E-state index contributed by atoms with van der Waals surface area (Å²) in [6, 6.07) is 6.33. The molecule has 8 heteroatoms. The molecule has 1 aliphatic rings. The molecule has 5 nitrogen and oxygen atoms in total. The lowest BCUT2D eigenvalue weighted by Crippen LogP contribution is -2.31. The summed E-state index contributed by atoms with van der Waals surface area (Å²) in [6.45, 7) is 0. The molecule has 1 N–H and O–H groups in total. The van der Waals surface area contributed by atoms with Crippen LogP contribution in [0.5, 0.6) is 5.75 Å². The highest BCUT2D eigenvalue weighted by Gasteiger charge is 2.30. The molecule has 0 aromatic heterocycles. The van der Waals surface area contributed by atoms with E-state index < -0.39 is 35.2 Å². The predicted molar refractivity (Wildman–Crippen MR) is 85.9 cm³/mol. The first-order valence-corrected chi connectivity index (χ1v) is 7.60. The third-order valence-corrected chi connectivity index (χ3v) is 3.94. The van der Waals surface area contributed by atoms with E-state index >= 15 is 0 Å². The van der Waals surface area contributed by atoms with E-state index in [0.717, 1.165) is 18.7 Å². The van der Waals surface area contributed by atoms with E-state index in [0.29, 0.717) is 16.8 Å². The van der Waals surface area contributed by atoms with Crippen molar-refractivity contribution in [2.75, 3.05) is 12.4 Å². The predicted octanol–water partition coefficient (Wildman–Crippen LogP) is 3.35. The molecule has 1 aliphatic heterocycles. The molecule has 0 radical (unpaired) electrons. The Morgan fingerprint density at radius 3 is 2.72 bits per heavy atom. The molecular formula is C17H12ClF2NO4. The Kier molecular flexibility index (Phi) is 4.59. The van der Waals surface area contributed by atoms with Crippen molar-refractivity contribution >= 4 is 29.2 Å². The number of hydrogen-bond acceptors (Lipinski definition) is 4. The second-order valence-corrected chi connectivity index (χ2v) is 5.79. The van der Waals surface area contributed by atoms with Gasteiger partial charge in [-0.3, -0.25) is 4.79 Å². The fourth-order valence-corrected chi connectivity index (χ4v) is 2.68. The molecule has 2 aromatic carbocycles. The molecule has 0 fully saturated rings. The van der Waals surface area contributed by atoms with Gasteiger partial charge in [-0.15, -0.1) is 0 Å². The Morgan fingerprint density at radius 1 is 1.24 bits per heavy atom. The molecule has 0 bridgehead atoms. The Morgan fingerprint density at radius 2 is 2.00 bits per heavy atom. The van der Waals surface area contributed by atoms with Crippen LogP contribution in [0, 0.1) is 11.6 Å². The summed E-state index contributed by atoms with van der Waals surface area (Å²) in [6.07, 6.45) is -0.631. The Labute approximate surface area is 146 Å². The zero-order valence-corrected chi connectivity index (χ0v) is 13.7. The van der Waals surface area contributed by atoms with Crippen molar-refractivity contribution in [2.24, 2.45) is 0 Å². The average Bonchev–Trinajstić information content (AvgIpc) is 2.99. The molecule has 0 saturated heterocycles. The van der Waals surface area contributed by atoms with E-state index in [2.05, 4.69) is 10.1 Å². The molecule has 0 aliphatic carbocycles. The van der Waals surface area contributed by atoms with Crippen molar-refractivity contribution in [1.82, 2.24) is 0 Å². The van der Waals surface area contributed by atoms with Crippen LogP contribution >= 0.6 is 11.6 Å². The zero-order chi connectivity index (χ0) is 18.1. The molecule has 0 saturated carbocycles. The number of esters is 1. The first-order chi connectivity index (χ1) is 11.9. The van der Waals surface area contributed by atoms with Gasteiger partial charge in [0.1, 0.15) is 17.4 Å². The van der Waals surface area contributed by atoms with Crippen molar-refractivity contribution in [1.29, 1.82) is 0 Å². The van der Waals surface area contributed by atoms with E-state index in [1.54, 1.807) is 18.2 Å². The topological polar surface area (TPSA) is 64.6 Å². The van der Waals surface area contributed by atoms with Crippen LogP contribution < -0.4 is 10.1 Å². The van der Waals surface area contributed by atoms with Crippen LogP contribution in [0.3, 0.4) is 0 Å². The number of halogens is 3. The van der Waals surface area contributed by atoms with Gasteiger partial charge in [0.25, 0.3) is 5.91 Å². The smallest absolute Gasteiger partial charge is 0.340 e. The lowest BCUT2D eigenvalue weighted by Gasteiger charge is -2.13. The number of anilines is 1. The van der Waals surface area contributed by atoms with Gasteiger partial charge in [0.2, 0.25) is 0 Å². The monoisotopic (exact) mass is 367 g/mol. The fraction of sp³-hybridized carbons (Fsp3) is 0.176. The maximum Gasteiger partial charge on any atom is 0.340 e. The van der Waals surface area contributed by atoms with Gasteiger partial charge >= 0.3 is 5.97 Å². The van der Waals surface area contributed by atoms with Crippen LogP contribution in [0.2, 0.25) is 5.02 Å². The molecule has 1 amide bonds. The van der Waals surface area contributed by atoms with Crippen molar-refractivity contribution in [3.05, 3.63) is 58.1 Å². The zero-order valence-electron chi connectivity index (χ0n) is 12.9. The number of hydrogen-bond donors (Lipinski definition) is 1. The molecule has 0 spiro atoms. The minimum atomic E-state index is -1.08. The Hall–Kier alpha value is -2.67. The van der Waals surface area contributed by atoms with E-state index in [9.17, 15) is 18.4 Å². The summed E-state index contributed by atoms with van der Waals surface area (Å²) in [4.78, 5) is 23.8. The van der Waals surface area contributed by atoms with Gasteiger partial charge in [-0.05, 0) is 29.8 Å². The van der Waals surface area contributed by atoms with Gasteiger partial charge in [-0.25, -0.2) is 13.6 Å². The summed E-state index contributed by atoms with van der Waals surface area (Å²) in [5, 5.41) is 2.81. The molecule has 2 aromatic rings. The van der Waals surface area contributed by atoms with Crippen LogP contribution in [0.4, 0.5) is 14.5 Å². The minimum Gasteiger partial charge on any atom is -0.480 e. The third-order valence-electron chi connectivity index (χ3n) is 3.71. The minimum absolute atomic E-state index is 0.258. The molecular weight excluding hydrogens is 356 g/mol. The van der Waals surface area contributed by atoms with Gasteiger partial charge in [-0.1, -0.05) is 11.6 Å². The summed E-state index contributed by atoms with van der Waals surface area (Å²) < 4.78 is 37.4. The van der Waals surface area contributed by atoms with Gasteiger partial charge < -0.3 is 14.8 Å². The van der Waals surface area contributed by atoms with E-state index in [-0.39, 0.29) is 12.1 Å². The second kappa shape index (κ2) is 6.68. The number of carbonyl (C=O) groups excluding carboxylic acids is 2. The quantitative estimate of drug-likeness (QED) is 0.845. The molecule has 1 heterocycles. The third kappa shape index (κ3) is 3.41. The first kappa shape index (κ1) is 17.2. The average molecular weight is 368 g/mol. The van der Waals surface area contributed by atoms with Gasteiger partial charge in [-0.2, -0.15) is 0 Å². The van der Waals surface area contributed by atoms with Crippen molar-refractivity contribution in [3.8, 4) is 5.75 Å². The number of methoxy groups -OCH3 is 1. The second-order valence-electron chi connectivity index (χ2n) is 5.36. The van der Waals surface area contributed by atoms with Gasteiger partial charge in [0.15, 0.2) is 6.10 Å². The fourth-order valence-electron chi connectivity index (χ4n) is 2.49. The van der Waals surface area contributed by atoms with E-state index in [1.807, 2.05) is 0 Å². The Bertz CT molecular complexity index is 872. The molecule has 130 valence electrons. The van der Waals surface area contributed by atoms with Crippen LogP contribution in [0.25, 0.3) is 0 Å². The number of ether oxygens (including phenoxy) is 2. The summed E-state index contributed by atoms with van der Waals surface area (Å²) in [5.41, 5.74) is -0.0755. The number of amides is 1. The highest BCUT2D eigenvalue weighted by Crippen LogP contribution is 2.31. The van der Waals surface area contributed by atoms with Gasteiger partial charge in [0.05, 0.1) is 18.4 Å². The van der Waals surface area contributed by atoms with E-state index in [1.165, 1.54) is 0 Å². The van der Waals surface area contributed by atoms with Crippen molar-refractivity contribution in [3.63, 3.8) is 0 Å². The summed E-state index contributed by atoms with van der Waals surface area (Å²) >= 11 is 5.89.